The highest BCUT2D eigenvalue weighted by Crippen LogP contribution is 2.27. The van der Waals surface area contributed by atoms with E-state index in [1.807, 2.05) is 37.7 Å². The molecule has 0 bridgehead atoms. The van der Waals surface area contributed by atoms with Crippen LogP contribution in [-0.2, 0) is 6.54 Å². The molecule has 1 N–H and O–H groups in total. The Morgan fingerprint density at radius 2 is 2.00 bits per heavy atom. The molecular formula is C16H17BrN4. The summed E-state index contributed by atoms with van der Waals surface area (Å²) >= 11 is 3.59. The van der Waals surface area contributed by atoms with Crippen LogP contribution in [-0.4, -0.2) is 21.8 Å². The van der Waals surface area contributed by atoms with Crippen molar-refractivity contribution in [3.05, 3.63) is 51.9 Å². The average Bonchev–Trinajstić information content (AvgIpc) is 2.74. The summed E-state index contributed by atoms with van der Waals surface area (Å²) in [5.74, 6) is 0.879. The molecule has 0 fully saturated rings. The van der Waals surface area contributed by atoms with Crippen molar-refractivity contribution in [2.75, 3.05) is 7.05 Å². The van der Waals surface area contributed by atoms with Gasteiger partial charge in [-0.15, -0.1) is 0 Å². The first-order valence-electron chi connectivity index (χ1n) is 6.87. The molecule has 2 aromatic heterocycles. The van der Waals surface area contributed by atoms with Crippen molar-refractivity contribution >= 4 is 26.7 Å². The van der Waals surface area contributed by atoms with Gasteiger partial charge in [0.1, 0.15) is 0 Å². The van der Waals surface area contributed by atoms with Crippen molar-refractivity contribution in [1.82, 2.24) is 20.1 Å². The summed E-state index contributed by atoms with van der Waals surface area (Å²) in [7, 11) is 1.93. The maximum atomic E-state index is 4.79. The Bertz CT molecular complexity index is 807. The summed E-state index contributed by atoms with van der Waals surface area (Å²) in [5.41, 5.74) is 3.04. The van der Waals surface area contributed by atoms with Gasteiger partial charge in [-0.05, 0) is 48.3 Å². The van der Waals surface area contributed by atoms with Gasteiger partial charge in [-0.25, -0.2) is 9.67 Å². The van der Waals surface area contributed by atoms with Gasteiger partial charge in [-0.1, -0.05) is 24.3 Å². The van der Waals surface area contributed by atoms with Crippen LogP contribution in [0.25, 0.3) is 16.6 Å². The topological polar surface area (TPSA) is 42.7 Å². The third kappa shape index (κ3) is 2.47. The van der Waals surface area contributed by atoms with E-state index in [9.17, 15) is 0 Å². The molecule has 0 aliphatic carbocycles. The molecule has 5 heteroatoms. The number of hydrogen-bond donors (Lipinski definition) is 1. The summed E-state index contributed by atoms with van der Waals surface area (Å²) < 4.78 is 2.95. The Kier molecular flexibility index (Phi) is 3.78. The van der Waals surface area contributed by atoms with E-state index in [1.54, 1.807) is 0 Å². The number of nitrogens with zero attached hydrogens (tertiary/aromatic N) is 3. The highest BCUT2D eigenvalue weighted by molar-refractivity contribution is 9.10. The van der Waals surface area contributed by atoms with Crippen LogP contribution in [0.3, 0.4) is 0 Å². The minimum absolute atomic E-state index is 0.734. The number of aryl methyl sites for hydroxylation is 1. The maximum absolute atomic E-state index is 4.79. The van der Waals surface area contributed by atoms with Crippen molar-refractivity contribution in [3.8, 4) is 5.82 Å². The van der Waals surface area contributed by atoms with E-state index >= 15 is 0 Å². The smallest absolute Gasteiger partial charge is 0.161 e. The molecule has 0 spiro atoms. The average molecular weight is 345 g/mol. The van der Waals surface area contributed by atoms with Gasteiger partial charge in [0.25, 0.3) is 0 Å². The van der Waals surface area contributed by atoms with Crippen molar-refractivity contribution in [3.63, 3.8) is 0 Å². The first-order chi connectivity index (χ1) is 10.1. The Labute approximate surface area is 132 Å². The highest BCUT2D eigenvalue weighted by Gasteiger charge is 2.14. The fourth-order valence-corrected chi connectivity index (χ4v) is 2.74. The van der Waals surface area contributed by atoms with Gasteiger partial charge in [0.2, 0.25) is 0 Å². The normalized spacial score (nSPS) is 11.2. The molecule has 2 heterocycles. The lowest BCUT2D eigenvalue weighted by Gasteiger charge is -2.10. The molecule has 0 amide bonds. The summed E-state index contributed by atoms with van der Waals surface area (Å²) in [5, 5.41) is 10.1. The molecule has 0 saturated heterocycles. The number of pyridine rings is 1. The SMILES string of the molecule is CNCc1cc2ccccc2c(-n2nc(C)c(Br)c2C)n1. The Balaban J connectivity index is 2.31. The zero-order valence-corrected chi connectivity index (χ0v) is 13.9. The Morgan fingerprint density at radius 3 is 2.67 bits per heavy atom. The molecule has 0 unspecified atom stereocenters. The van der Waals surface area contributed by atoms with Gasteiger partial charge in [0, 0.05) is 11.9 Å². The zero-order valence-electron chi connectivity index (χ0n) is 12.3. The third-order valence-corrected chi connectivity index (χ3v) is 4.68. The zero-order chi connectivity index (χ0) is 15.0. The second-order valence-electron chi connectivity index (χ2n) is 5.09. The van der Waals surface area contributed by atoms with Gasteiger partial charge in [-0.2, -0.15) is 5.10 Å². The van der Waals surface area contributed by atoms with Crippen molar-refractivity contribution in [1.29, 1.82) is 0 Å². The van der Waals surface area contributed by atoms with Crippen LogP contribution in [0, 0.1) is 13.8 Å². The first kappa shape index (κ1) is 14.2. The molecule has 1 aromatic carbocycles. The third-order valence-electron chi connectivity index (χ3n) is 3.53. The van der Waals surface area contributed by atoms with Crippen LogP contribution >= 0.6 is 15.9 Å². The maximum Gasteiger partial charge on any atom is 0.161 e. The molecule has 0 atom stereocenters. The Morgan fingerprint density at radius 1 is 1.24 bits per heavy atom. The number of fused-ring (bicyclic) bond motifs is 1. The van der Waals surface area contributed by atoms with E-state index in [4.69, 9.17) is 4.98 Å². The van der Waals surface area contributed by atoms with Crippen LogP contribution in [0.2, 0.25) is 0 Å². The van der Waals surface area contributed by atoms with E-state index in [-0.39, 0.29) is 0 Å². The number of benzene rings is 1. The summed E-state index contributed by atoms with van der Waals surface area (Å²) in [6.07, 6.45) is 0. The molecule has 4 nitrogen and oxygen atoms in total. The monoisotopic (exact) mass is 344 g/mol. The van der Waals surface area contributed by atoms with E-state index < -0.39 is 0 Å². The number of aromatic nitrogens is 3. The van der Waals surface area contributed by atoms with Gasteiger partial charge in [-0.3, -0.25) is 0 Å². The van der Waals surface area contributed by atoms with Gasteiger partial charge < -0.3 is 5.32 Å². The van der Waals surface area contributed by atoms with Crippen molar-refractivity contribution < 1.29 is 0 Å². The van der Waals surface area contributed by atoms with Crippen LogP contribution in [0.5, 0.6) is 0 Å². The lowest BCUT2D eigenvalue weighted by Crippen LogP contribution is -2.10. The lowest BCUT2D eigenvalue weighted by molar-refractivity contribution is 0.764. The number of hydrogen-bond acceptors (Lipinski definition) is 3. The van der Waals surface area contributed by atoms with E-state index in [0.717, 1.165) is 39.3 Å². The quantitative estimate of drug-likeness (QED) is 0.790. The van der Waals surface area contributed by atoms with Crippen LogP contribution in [0.1, 0.15) is 17.1 Å². The van der Waals surface area contributed by atoms with E-state index in [1.165, 1.54) is 5.39 Å². The molecule has 0 saturated carbocycles. The van der Waals surface area contributed by atoms with Gasteiger partial charge in [0.05, 0.1) is 21.6 Å². The molecule has 0 aliphatic rings. The molecule has 21 heavy (non-hydrogen) atoms. The second kappa shape index (κ2) is 5.58. The lowest BCUT2D eigenvalue weighted by atomic mass is 10.1. The fraction of sp³-hybridized carbons (Fsp3) is 0.250. The molecule has 108 valence electrons. The number of rotatable bonds is 3. The summed E-state index contributed by atoms with van der Waals surface area (Å²) in [6, 6.07) is 10.4. The summed E-state index contributed by atoms with van der Waals surface area (Å²) in [6.45, 7) is 4.77. The van der Waals surface area contributed by atoms with Crippen LogP contribution < -0.4 is 5.32 Å². The summed E-state index contributed by atoms with van der Waals surface area (Å²) in [4.78, 5) is 4.79. The van der Waals surface area contributed by atoms with Crippen molar-refractivity contribution in [2.45, 2.75) is 20.4 Å². The fourth-order valence-electron chi connectivity index (χ4n) is 2.50. The molecule has 0 aliphatic heterocycles. The molecule has 0 radical (unpaired) electrons. The first-order valence-corrected chi connectivity index (χ1v) is 7.66. The molecular weight excluding hydrogens is 328 g/mol. The van der Waals surface area contributed by atoms with E-state index in [0.29, 0.717) is 0 Å². The van der Waals surface area contributed by atoms with Crippen molar-refractivity contribution in [2.24, 2.45) is 0 Å². The minimum Gasteiger partial charge on any atom is -0.314 e. The van der Waals surface area contributed by atoms with E-state index in [2.05, 4.69) is 44.5 Å². The largest absolute Gasteiger partial charge is 0.314 e. The minimum atomic E-state index is 0.734. The Hall–Kier alpha value is -1.72. The standard InChI is InChI=1S/C16H17BrN4/c1-10-15(17)11(2)21(20-10)16-14-7-5-4-6-12(14)8-13(19-16)9-18-3/h4-8,18H,9H2,1-3H3. The predicted molar refractivity (Wildman–Crippen MR) is 88.8 cm³/mol. The number of nitrogens with one attached hydrogen (secondary N) is 1. The molecule has 3 aromatic rings. The highest BCUT2D eigenvalue weighted by atomic mass is 79.9. The number of halogens is 1. The predicted octanol–water partition coefficient (Wildman–Crippen LogP) is 3.52. The van der Waals surface area contributed by atoms with Gasteiger partial charge in [0.15, 0.2) is 5.82 Å². The van der Waals surface area contributed by atoms with Crippen LogP contribution in [0.4, 0.5) is 0 Å². The van der Waals surface area contributed by atoms with Crippen LogP contribution in [0.15, 0.2) is 34.8 Å². The van der Waals surface area contributed by atoms with Gasteiger partial charge >= 0.3 is 0 Å². The second-order valence-corrected chi connectivity index (χ2v) is 5.88. The molecule has 3 rings (SSSR count).